The van der Waals surface area contributed by atoms with Gasteiger partial charge in [0.25, 0.3) is 0 Å². The minimum atomic E-state index is -0.739. The highest BCUT2D eigenvalue weighted by Crippen LogP contribution is 2.43. The van der Waals surface area contributed by atoms with Gasteiger partial charge in [0.15, 0.2) is 0 Å². The molecule has 0 saturated carbocycles. The van der Waals surface area contributed by atoms with Crippen LogP contribution in [0.2, 0.25) is 0 Å². The molecule has 192 valence electrons. The Morgan fingerprint density at radius 3 is 2.40 bits per heavy atom. The van der Waals surface area contributed by atoms with Crippen molar-refractivity contribution in [2.24, 2.45) is 5.92 Å². The maximum absolute atomic E-state index is 12.6. The lowest BCUT2D eigenvalue weighted by Crippen LogP contribution is -2.60. The van der Waals surface area contributed by atoms with E-state index in [0.717, 1.165) is 0 Å². The van der Waals surface area contributed by atoms with E-state index in [9.17, 15) is 24.5 Å². The van der Waals surface area contributed by atoms with E-state index < -0.39 is 46.8 Å². The Hall–Kier alpha value is -3.44. The molecule has 0 aromatic carbocycles. The van der Waals surface area contributed by atoms with E-state index >= 15 is 0 Å². The fourth-order valence-electron chi connectivity index (χ4n) is 4.71. The van der Waals surface area contributed by atoms with Crippen LogP contribution in [0.1, 0.15) is 65.3 Å². The molecule has 0 spiro atoms. The summed E-state index contributed by atoms with van der Waals surface area (Å²) in [7, 11) is 0. The number of alkyl carbamates (subject to hydrolysis) is 1. The van der Waals surface area contributed by atoms with Gasteiger partial charge in [-0.05, 0) is 33.6 Å². The zero-order valence-corrected chi connectivity index (χ0v) is 20.8. The van der Waals surface area contributed by atoms with Gasteiger partial charge in [-0.25, -0.2) is 9.78 Å². The van der Waals surface area contributed by atoms with Gasteiger partial charge in [-0.1, -0.05) is 6.92 Å². The SMILES string of the molecule is CC(=O)OC1CCc2c1ncc([N+](=O)[O-])c2N1C[C@H](C)[C@@H](OC(C)=O)[C@H](NC(=O)OC(C)(C)C)C1. The average Bonchev–Trinajstić information content (AvgIpc) is 3.10. The molecular weight excluding hydrogens is 460 g/mol. The molecule has 0 radical (unpaired) electrons. The summed E-state index contributed by atoms with van der Waals surface area (Å²) in [5.41, 5.74) is 0.587. The summed E-state index contributed by atoms with van der Waals surface area (Å²) in [5.74, 6) is -1.23. The third-order valence-electron chi connectivity index (χ3n) is 5.83. The Morgan fingerprint density at radius 2 is 1.83 bits per heavy atom. The van der Waals surface area contributed by atoms with Crippen LogP contribution < -0.4 is 10.2 Å². The number of fused-ring (bicyclic) bond motifs is 1. The van der Waals surface area contributed by atoms with E-state index in [0.29, 0.717) is 36.3 Å². The molecule has 1 N–H and O–H groups in total. The molecule has 0 bridgehead atoms. The largest absolute Gasteiger partial charge is 0.460 e. The molecule has 1 amide bonds. The Balaban J connectivity index is 1.99. The number of hydrogen-bond acceptors (Lipinski definition) is 10. The van der Waals surface area contributed by atoms with E-state index in [4.69, 9.17) is 14.2 Å². The van der Waals surface area contributed by atoms with Gasteiger partial charge in [0.1, 0.15) is 29.7 Å². The number of pyridine rings is 1. The first-order chi connectivity index (χ1) is 16.3. The number of nitrogens with one attached hydrogen (secondary N) is 1. The zero-order valence-electron chi connectivity index (χ0n) is 20.8. The number of aromatic nitrogens is 1. The number of carbonyl (C=O) groups excluding carboxylic acids is 3. The average molecular weight is 493 g/mol. The summed E-state index contributed by atoms with van der Waals surface area (Å²) in [5, 5.41) is 14.7. The van der Waals surface area contributed by atoms with Crippen molar-refractivity contribution in [2.45, 2.75) is 78.2 Å². The maximum atomic E-state index is 12.6. The second kappa shape index (κ2) is 10.0. The van der Waals surface area contributed by atoms with Crippen LogP contribution in [-0.4, -0.2) is 58.8 Å². The van der Waals surface area contributed by atoms with E-state index in [1.807, 2.05) is 11.8 Å². The predicted octanol–water partition coefficient (Wildman–Crippen LogP) is 2.82. The summed E-state index contributed by atoms with van der Waals surface area (Å²) in [6.07, 6.45) is 0.176. The van der Waals surface area contributed by atoms with Gasteiger partial charge in [-0.15, -0.1) is 0 Å². The summed E-state index contributed by atoms with van der Waals surface area (Å²) >= 11 is 0. The van der Waals surface area contributed by atoms with Gasteiger partial charge in [-0.3, -0.25) is 19.7 Å². The van der Waals surface area contributed by atoms with E-state index in [1.165, 1.54) is 20.0 Å². The van der Waals surface area contributed by atoms with Gasteiger partial charge >= 0.3 is 23.7 Å². The number of piperidine rings is 1. The molecule has 2 aliphatic rings. The van der Waals surface area contributed by atoms with Crippen LogP contribution in [0.15, 0.2) is 6.20 Å². The summed E-state index contributed by atoms with van der Waals surface area (Å²) in [6.45, 7) is 10.1. The number of rotatable bonds is 5. The van der Waals surface area contributed by atoms with Crippen LogP contribution in [0.5, 0.6) is 0 Å². The van der Waals surface area contributed by atoms with Crippen molar-refractivity contribution in [1.82, 2.24) is 10.3 Å². The van der Waals surface area contributed by atoms with E-state index in [2.05, 4.69) is 10.3 Å². The number of hydrogen-bond donors (Lipinski definition) is 1. The molecule has 12 heteroatoms. The highest BCUT2D eigenvalue weighted by atomic mass is 16.6. The van der Waals surface area contributed by atoms with E-state index in [1.54, 1.807) is 20.8 Å². The van der Waals surface area contributed by atoms with Crippen LogP contribution in [0.3, 0.4) is 0 Å². The van der Waals surface area contributed by atoms with Crippen LogP contribution in [0, 0.1) is 16.0 Å². The molecule has 35 heavy (non-hydrogen) atoms. The molecule has 2 heterocycles. The number of ether oxygens (including phenoxy) is 3. The predicted molar refractivity (Wildman–Crippen MR) is 124 cm³/mol. The number of carbonyl (C=O) groups is 3. The number of nitro groups is 1. The number of esters is 2. The van der Waals surface area contributed by atoms with Crippen LogP contribution in [-0.2, 0) is 30.2 Å². The Kier molecular flexibility index (Phi) is 7.51. The molecule has 1 fully saturated rings. The first kappa shape index (κ1) is 26.2. The first-order valence-corrected chi connectivity index (χ1v) is 11.5. The zero-order chi connectivity index (χ0) is 26.1. The summed E-state index contributed by atoms with van der Waals surface area (Å²) in [4.78, 5) is 53.3. The normalized spacial score (nSPS) is 23.8. The fraction of sp³-hybridized carbons (Fsp3) is 0.652. The van der Waals surface area contributed by atoms with Gasteiger partial charge in [0.2, 0.25) is 0 Å². The van der Waals surface area contributed by atoms with Crippen molar-refractivity contribution < 1.29 is 33.5 Å². The fourth-order valence-corrected chi connectivity index (χ4v) is 4.71. The van der Waals surface area contributed by atoms with E-state index in [-0.39, 0.29) is 18.2 Å². The van der Waals surface area contributed by atoms with Crippen molar-refractivity contribution >= 4 is 29.4 Å². The lowest BCUT2D eigenvalue weighted by molar-refractivity contribution is -0.384. The highest BCUT2D eigenvalue weighted by Gasteiger charge is 2.42. The van der Waals surface area contributed by atoms with Crippen LogP contribution in [0.25, 0.3) is 0 Å². The lowest BCUT2D eigenvalue weighted by Gasteiger charge is -2.43. The number of anilines is 1. The topological polar surface area (TPSA) is 150 Å². The standard InChI is InChI=1S/C23H32N4O8/c1-12-10-26(11-16(21(12)34-14(3)29)25-22(30)35-23(4,5)6)20-15-7-8-18(33-13(2)28)19(15)24-9-17(20)27(31)32/h9,12,16,18,21H,7-8,10-11H2,1-6H3,(H,25,30)/t12-,16+,18?,21+/m0/s1. The smallest absolute Gasteiger partial charge is 0.408 e. The Morgan fingerprint density at radius 1 is 1.17 bits per heavy atom. The number of amides is 1. The van der Waals surface area contributed by atoms with Gasteiger partial charge < -0.3 is 24.4 Å². The summed E-state index contributed by atoms with van der Waals surface area (Å²) < 4.78 is 16.3. The quantitative estimate of drug-likeness (QED) is 0.281. The molecule has 1 aliphatic carbocycles. The molecule has 1 aromatic heterocycles. The molecule has 1 aliphatic heterocycles. The van der Waals surface area contributed by atoms with Crippen LogP contribution in [0.4, 0.5) is 16.2 Å². The minimum Gasteiger partial charge on any atom is -0.460 e. The van der Waals surface area contributed by atoms with Crippen molar-refractivity contribution in [3.63, 3.8) is 0 Å². The van der Waals surface area contributed by atoms with Gasteiger partial charge in [0, 0.05) is 38.4 Å². The second-order valence-corrected chi connectivity index (χ2v) is 9.96. The molecule has 12 nitrogen and oxygen atoms in total. The van der Waals surface area contributed by atoms with Crippen molar-refractivity contribution in [1.29, 1.82) is 0 Å². The lowest BCUT2D eigenvalue weighted by atomic mass is 9.91. The molecule has 4 atom stereocenters. The Bertz CT molecular complexity index is 1020. The first-order valence-electron chi connectivity index (χ1n) is 11.5. The molecule has 1 aromatic rings. The van der Waals surface area contributed by atoms with Crippen molar-refractivity contribution in [2.75, 3.05) is 18.0 Å². The Labute approximate surface area is 203 Å². The highest BCUT2D eigenvalue weighted by molar-refractivity contribution is 5.72. The third kappa shape index (κ3) is 6.17. The maximum Gasteiger partial charge on any atom is 0.408 e. The van der Waals surface area contributed by atoms with Crippen molar-refractivity contribution in [3.05, 3.63) is 27.6 Å². The second-order valence-electron chi connectivity index (χ2n) is 9.96. The molecule has 3 rings (SSSR count). The minimum absolute atomic E-state index is 0.136. The third-order valence-corrected chi connectivity index (χ3v) is 5.83. The van der Waals surface area contributed by atoms with Gasteiger partial charge in [-0.2, -0.15) is 0 Å². The summed E-state index contributed by atoms with van der Waals surface area (Å²) in [6, 6.07) is -0.688. The molecule has 1 unspecified atom stereocenters. The monoisotopic (exact) mass is 492 g/mol. The van der Waals surface area contributed by atoms with Crippen LogP contribution >= 0.6 is 0 Å². The molecule has 1 saturated heterocycles. The van der Waals surface area contributed by atoms with Gasteiger partial charge in [0.05, 0.1) is 16.7 Å². The van der Waals surface area contributed by atoms with Crippen molar-refractivity contribution in [3.8, 4) is 0 Å². The molecular formula is C23H32N4O8. The number of nitrogens with zero attached hydrogens (tertiary/aromatic N) is 3.